The summed E-state index contributed by atoms with van der Waals surface area (Å²) in [6.07, 6.45) is 2.72. The molecule has 0 aliphatic carbocycles. The van der Waals surface area contributed by atoms with Gasteiger partial charge < -0.3 is 15.0 Å². The molecule has 1 fully saturated rings. The molecule has 0 spiro atoms. The average molecular weight is 269 g/mol. The van der Waals surface area contributed by atoms with E-state index in [1.54, 1.807) is 0 Å². The van der Waals surface area contributed by atoms with Crippen molar-refractivity contribution in [2.45, 2.75) is 12.8 Å². The zero-order valence-electron chi connectivity index (χ0n) is 10.7. The lowest BCUT2D eigenvalue weighted by Gasteiger charge is -2.14. The van der Waals surface area contributed by atoms with Gasteiger partial charge in [-0.1, -0.05) is 17.7 Å². The minimum atomic E-state index is 0.681. The van der Waals surface area contributed by atoms with Crippen LogP contribution in [-0.4, -0.2) is 44.2 Å². The molecule has 4 heteroatoms. The predicted octanol–water partition coefficient (Wildman–Crippen LogP) is 2.40. The quantitative estimate of drug-likeness (QED) is 0.769. The lowest BCUT2D eigenvalue weighted by molar-refractivity contribution is 0.299. The van der Waals surface area contributed by atoms with Crippen LogP contribution in [0.2, 0.25) is 5.02 Å². The molecule has 0 unspecified atom stereocenters. The van der Waals surface area contributed by atoms with Crippen LogP contribution in [0.25, 0.3) is 0 Å². The van der Waals surface area contributed by atoms with E-state index >= 15 is 0 Å². The number of hydrogen-bond acceptors (Lipinski definition) is 3. The molecule has 1 saturated heterocycles. The molecule has 0 amide bonds. The second-order valence-electron chi connectivity index (χ2n) is 4.60. The molecule has 100 valence electrons. The topological polar surface area (TPSA) is 24.5 Å². The van der Waals surface area contributed by atoms with Gasteiger partial charge in [-0.2, -0.15) is 0 Å². The van der Waals surface area contributed by atoms with Crippen LogP contribution >= 0.6 is 11.6 Å². The highest BCUT2D eigenvalue weighted by atomic mass is 35.5. The normalized spacial score (nSPS) is 16.1. The molecule has 0 atom stereocenters. The van der Waals surface area contributed by atoms with E-state index in [0.717, 1.165) is 30.4 Å². The summed E-state index contributed by atoms with van der Waals surface area (Å²) in [7, 11) is 0. The Bertz CT molecular complexity index is 353. The SMILES string of the molecule is Clc1cccc(OCCNCCN2CCCC2)c1. The van der Waals surface area contributed by atoms with Crippen molar-refractivity contribution in [3.63, 3.8) is 0 Å². The highest BCUT2D eigenvalue weighted by Gasteiger charge is 2.09. The van der Waals surface area contributed by atoms with E-state index in [0.29, 0.717) is 6.61 Å². The Morgan fingerprint density at radius 3 is 2.83 bits per heavy atom. The second-order valence-corrected chi connectivity index (χ2v) is 5.04. The van der Waals surface area contributed by atoms with Gasteiger partial charge in [0.25, 0.3) is 0 Å². The maximum absolute atomic E-state index is 5.88. The number of nitrogens with one attached hydrogen (secondary N) is 1. The average Bonchev–Trinajstić information content (AvgIpc) is 2.87. The fraction of sp³-hybridized carbons (Fsp3) is 0.571. The number of nitrogens with zero attached hydrogens (tertiary/aromatic N) is 1. The molecule has 0 aromatic heterocycles. The van der Waals surface area contributed by atoms with Crippen molar-refractivity contribution in [2.75, 3.05) is 39.3 Å². The molecule has 18 heavy (non-hydrogen) atoms. The van der Waals surface area contributed by atoms with Crippen molar-refractivity contribution in [3.05, 3.63) is 29.3 Å². The highest BCUT2D eigenvalue weighted by Crippen LogP contribution is 2.16. The number of halogens is 1. The van der Waals surface area contributed by atoms with Gasteiger partial charge in [0.1, 0.15) is 12.4 Å². The van der Waals surface area contributed by atoms with Crippen LogP contribution in [0, 0.1) is 0 Å². The van der Waals surface area contributed by atoms with Crippen LogP contribution in [0.1, 0.15) is 12.8 Å². The molecule has 1 N–H and O–H groups in total. The van der Waals surface area contributed by atoms with Crippen LogP contribution in [-0.2, 0) is 0 Å². The molecular formula is C14H21ClN2O. The van der Waals surface area contributed by atoms with Gasteiger partial charge in [0.15, 0.2) is 0 Å². The first-order valence-electron chi connectivity index (χ1n) is 6.66. The van der Waals surface area contributed by atoms with E-state index in [9.17, 15) is 0 Å². The summed E-state index contributed by atoms with van der Waals surface area (Å²) in [4.78, 5) is 2.50. The third-order valence-corrected chi connectivity index (χ3v) is 3.38. The van der Waals surface area contributed by atoms with Gasteiger partial charge >= 0.3 is 0 Å². The van der Waals surface area contributed by atoms with Gasteiger partial charge in [-0.15, -0.1) is 0 Å². The summed E-state index contributed by atoms with van der Waals surface area (Å²) in [6, 6.07) is 7.52. The van der Waals surface area contributed by atoms with Crippen LogP contribution < -0.4 is 10.1 Å². The van der Waals surface area contributed by atoms with Crippen molar-refractivity contribution in [3.8, 4) is 5.75 Å². The van der Waals surface area contributed by atoms with Crippen LogP contribution in [0.3, 0.4) is 0 Å². The molecule has 0 bridgehead atoms. The monoisotopic (exact) mass is 268 g/mol. The predicted molar refractivity (Wildman–Crippen MR) is 75.5 cm³/mol. The Balaban J connectivity index is 1.50. The maximum Gasteiger partial charge on any atom is 0.120 e. The standard InChI is InChI=1S/C14H21ClN2O/c15-13-4-3-5-14(12-13)18-11-7-16-6-10-17-8-1-2-9-17/h3-5,12,16H,1-2,6-11H2. The zero-order valence-corrected chi connectivity index (χ0v) is 11.5. The number of likely N-dealkylation sites (tertiary alicyclic amines) is 1. The molecule has 1 aliphatic rings. The fourth-order valence-electron chi connectivity index (χ4n) is 2.17. The maximum atomic E-state index is 5.88. The first-order valence-corrected chi connectivity index (χ1v) is 7.04. The molecule has 1 aliphatic heterocycles. The third kappa shape index (κ3) is 4.84. The smallest absolute Gasteiger partial charge is 0.120 e. The van der Waals surface area contributed by atoms with E-state index in [4.69, 9.17) is 16.3 Å². The van der Waals surface area contributed by atoms with Crippen molar-refractivity contribution in [1.82, 2.24) is 10.2 Å². The number of ether oxygens (including phenoxy) is 1. The van der Waals surface area contributed by atoms with Crippen molar-refractivity contribution < 1.29 is 4.74 Å². The first kappa shape index (κ1) is 13.7. The largest absolute Gasteiger partial charge is 0.492 e. The molecular weight excluding hydrogens is 248 g/mol. The number of rotatable bonds is 7. The molecule has 0 radical (unpaired) electrons. The molecule has 1 heterocycles. The number of benzene rings is 1. The van der Waals surface area contributed by atoms with E-state index in [-0.39, 0.29) is 0 Å². The molecule has 1 aromatic carbocycles. The molecule has 2 rings (SSSR count). The minimum Gasteiger partial charge on any atom is -0.492 e. The second kappa shape index (κ2) is 7.62. The first-order chi connectivity index (χ1) is 8.84. The lowest BCUT2D eigenvalue weighted by Crippen LogP contribution is -2.32. The number of hydrogen-bond donors (Lipinski definition) is 1. The summed E-state index contributed by atoms with van der Waals surface area (Å²) in [6.45, 7) is 6.28. The fourth-order valence-corrected chi connectivity index (χ4v) is 2.35. The summed E-state index contributed by atoms with van der Waals surface area (Å²) in [5, 5.41) is 4.11. The van der Waals surface area contributed by atoms with Crippen LogP contribution in [0.4, 0.5) is 0 Å². The van der Waals surface area contributed by atoms with Crippen molar-refractivity contribution >= 4 is 11.6 Å². The van der Waals surface area contributed by atoms with Gasteiger partial charge in [-0.25, -0.2) is 0 Å². The van der Waals surface area contributed by atoms with Crippen LogP contribution in [0.15, 0.2) is 24.3 Å². The Labute approximate surface area is 114 Å². The summed E-state index contributed by atoms with van der Waals surface area (Å²) in [5.74, 6) is 0.837. The lowest BCUT2D eigenvalue weighted by atomic mass is 10.3. The van der Waals surface area contributed by atoms with Crippen LogP contribution in [0.5, 0.6) is 5.75 Å². The van der Waals surface area contributed by atoms with Crippen molar-refractivity contribution in [1.29, 1.82) is 0 Å². The van der Waals surface area contributed by atoms with Gasteiger partial charge in [-0.05, 0) is 44.1 Å². The Kier molecular flexibility index (Phi) is 5.78. The van der Waals surface area contributed by atoms with Gasteiger partial charge in [-0.3, -0.25) is 0 Å². The van der Waals surface area contributed by atoms with E-state index in [1.807, 2.05) is 24.3 Å². The molecule has 1 aromatic rings. The van der Waals surface area contributed by atoms with E-state index < -0.39 is 0 Å². The highest BCUT2D eigenvalue weighted by molar-refractivity contribution is 6.30. The molecule has 0 saturated carbocycles. The van der Waals surface area contributed by atoms with E-state index in [2.05, 4.69) is 10.2 Å². The van der Waals surface area contributed by atoms with Gasteiger partial charge in [0.05, 0.1) is 0 Å². The van der Waals surface area contributed by atoms with Crippen molar-refractivity contribution in [2.24, 2.45) is 0 Å². The van der Waals surface area contributed by atoms with Gasteiger partial charge in [0, 0.05) is 24.7 Å². The Hall–Kier alpha value is -0.770. The Morgan fingerprint density at radius 2 is 2.06 bits per heavy atom. The van der Waals surface area contributed by atoms with Gasteiger partial charge in [0.2, 0.25) is 0 Å². The van der Waals surface area contributed by atoms with E-state index in [1.165, 1.54) is 25.9 Å². The minimum absolute atomic E-state index is 0.681. The molecule has 3 nitrogen and oxygen atoms in total. The summed E-state index contributed by atoms with van der Waals surface area (Å²) < 4.78 is 5.60. The summed E-state index contributed by atoms with van der Waals surface area (Å²) >= 11 is 5.88. The zero-order chi connectivity index (χ0) is 12.6. The summed E-state index contributed by atoms with van der Waals surface area (Å²) in [5.41, 5.74) is 0. The third-order valence-electron chi connectivity index (χ3n) is 3.15. The Morgan fingerprint density at radius 1 is 1.22 bits per heavy atom.